The van der Waals surface area contributed by atoms with Crippen LogP contribution in [0.1, 0.15) is 21.5 Å². The Labute approximate surface area is 184 Å². The first-order chi connectivity index (χ1) is 14.9. The maximum atomic E-state index is 12.6. The Morgan fingerprint density at radius 3 is 2.29 bits per heavy atom. The molecule has 0 unspecified atom stereocenters. The molecule has 0 aliphatic carbocycles. The summed E-state index contributed by atoms with van der Waals surface area (Å²) in [6.45, 7) is 0.0106. The molecular formula is C24H20ClN3O3. The fourth-order valence-electron chi connectivity index (χ4n) is 3.57. The van der Waals surface area contributed by atoms with Gasteiger partial charge in [0.2, 0.25) is 11.8 Å². The maximum Gasteiger partial charge on any atom is 0.248 e. The van der Waals surface area contributed by atoms with Gasteiger partial charge >= 0.3 is 0 Å². The minimum Gasteiger partial charge on any atom is -0.496 e. The molecule has 0 saturated carbocycles. The van der Waals surface area contributed by atoms with Crippen LogP contribution in [0, 0.1) is 0 Å². The molecule has 0 fully saturated rings. The van der Waals surface area contributed by atoms with E-state index in [4.69, 9.17) is 22.1 Å². The SMILES string of the molecule is COc1cc2c(cc1-c1ccc(Cl)cc1)C(c1ccc(C(N)=O)cc1)=NCC(=O)N2C. The highest BCUT2D eigenvalue weighted by molar-refractivity contribution is 6.30. The summed E-state index contributed by atoms with van der Waals surface area (Å²) in [6, 6.07) is 18.1. The highest BCUT2D eigenvalue weighted by atomic mass is 35.5. The van der Waals surface area contributed by atoms with Crippen LogP contribution in [0.4, 0.5) is 5.69 Å². The average Bonchev–Trinajstić information content (AvgIpc) is 2.90. The highest BCUT2D eigenvalue weighted by Gasteiger charge is 2.25. The zero-order valence-electron chi connectivity index (χ0n) is 17.1. The zero-order chi connectivity index (χ0) is 22.1. The van der Waals surface area contributed by atoms with Crippen molar-refractivity contribution >= 4 is 34.8 Å². The number of hydrogen-bond acceptors (Lipinski definition) is 4. The predicted octanol–water partition coefficient (Wildman–Crippen LogP) is 3.93. The molecule has 156 valence electrons. The number of benzene rings is 3. The molecule has 2 amide bonds. The standard InChI is InChI=1S/C24H20ClN3O3/c1-28-20-12-21(31-2)18(14-7-9-17(25)10-8-14)11-19(20)23(27-13-22(28)29)15-3-5-16(6-4-15)24(26)30/h3-12H,13H2,1-2H3,(H2,26,30). The zero-order valence-corrected chi connectivity index (χ0v) is 17.8. The van der Waals surface area contributed by atoms with Crippen molar-refractivity contribution in [3.63, 3.8) is 0 Å². The Kier molecular flexibility index (Phi) is 5.48. The van der Waals surface area contributed by atoms with Crippen LogP contribution < -0.4 is 15.4 Å². The molecule has 0 saturated heterocycles. The molecule has 0 spiro atoms. The molecule has 1 heterocycles. The smallest absolute Gasteiger partial charge is 0.248 e. The third-order valence-corrected chi connectivity index (χ3v) is 5.53. The fraction of sp³-hybridized carbons (Fsp3) is 0.125. The first kappa shape index (κ1) is 20.6. The predicted molar refractivity (Wildman–Crippen MR) is 122 cm³/mol. The van der Waals surface area contributed by atoms with Crippen molar-refractivity contribution in [1.29, 1.82) is 0 Å². The third kappa shape index (κ3) is 3.90. The third-order valence-electron chi connectivity index (χ3n) is 5.28. The number of likely N-dealkylation sites (N-methyl/N-ethyl adjacent to an activating group) is 1. The molecule has 0 aromatic heterocycles. The number of nitrogens with zero attached hydrogens (tertiary/aromatic N) is 2. The van der Waals surface area contributed by atoms with E-state index in [1.165, 1.54) is 0 Å². The number of fused-ring (bicyclic) bond motifs is 1. The molecular weight excluding hydrogens is 414 g/mol. The van der Waals surface area contributed by atoms with Crippen LogP contribution in [0.2, 0.25) is 5.02 Å². The number of rotatable bonds is 4. The number of benzodiazepines with no additional fused rings is 1. The molecule has 31 heavy (non-hydrogen) atoms. The summed E-state index contributed by atoms with van der Waals surface area (Å²) in [6.07, 6.45) is 0. The van der Waals surface area contributed by atoms with Crippen LogP contribution in [0.3, 0.4) is 0 Å². The number of carbonyl (C=O) groups is 2. The minimum absolute atomic E-state index is 0.0106. The lowest BCUT2D eigenvalue weighted by Gasteiger charge is -2.21. The minimum atomic E-state index is -0.501. The molecule has 0 radical (unpaired) electrons. The Balaban J connectivity index is 1.93. The molecule has 3 aromatic rings. The lowest BCUT2D eigenvalue weighted by atomic mass is 9.94. The van der Waals surface area contributed by atoms with Crippen molar-refractivity contribution in [2.45, 2.75) is 0 Å². The van der Waals surface area contributed by atoms with Gasteiger partial charge in [0.25, 0.3) is 0 Å². The molecule has 7 heteroatoms. The van der Waals surface area contributed by atoms with Gasteiger partial charge in [-0.05, 0) is 35.9 Å². The summed E-state index contributed by atoms with van der Waals surface area (Å²) in [5.74, 6) is -0.00298. The second-order valence-electron chi connectivity index (χ2n) is 7.14. The largest absolute Gasteiger partial charge is 0.496 e. The van der Waals surface area contributed by atoms with Gasteiger partial charge in [-0.25, -0.2) is 0 Å². The van der Waals surface area contributed by atoms with Gasteiger partial charge < -0.3 is 15.4 Å². The Hall–Kier alpha value is -3.64. The van der Waals surface area contributed by atoms with E-state index in [-0.39, 0.29) is 12.5 Å². The number of aliphatic imine (C=N–C) groups is 1. The molecule has 1 aliphatic heterocycles. The molecule has 2 N–H and O–H groups in total. The number of nitrogens with two attached hydrogens (primary N) is 1. The van der Waals surface area contributed by atoms with Crippen LogP contribution in [0.15, 0.2) is 65.7 Å². The van der Waals surface area contributed by atoms with Crippen LogP contribution in [0.25, 0.3) is 11.1 Å². The van der Waals surface area contributed by atoms with Gasteiger partial charge in [0, 0.05) is 40.4 Å². The Morgan fingerprint density at radius 1 is 1.03 bits per heavy atom. The van der Waals surface area contributed by atoms with Crippen LogP contribution in [-0.4, -0.2) is 38.2 Å². The average molecular weight is 434 g/mol. The quantitative estimate of drug-likeness (QED) is 0.676. The van der Waals surface area contributed by atoms with E-state index in [1.54, 1.807) is 43.3 Å². The number of ether oxygens (including phenoxy) is 1. The second kappa shape index (κ2) is 8.24. The van der Waals surface area contributed by atoms with Crippen molar-refractivity contribution in [3.05, 3.63) is 82.4 Å². The second-order valence-corrected chi connectivity index (χ2v) is 7.57. The van der Waals surface area contributed by atoms with Gasteiger partial charge in [-0.2, -0.15) is 0 Å². The first-order valence-electron chi connectivity index (χ1n) is 9.58. The lowest BCUT2D eigenvalue weighted by Crippen LogP contribution is -2.27. The lowest BCUT2D eigenvalue weighted by molar-refractivity contribution is -0.116. The van der Waals surface area contributed by atoms with E-state index in [1.807, 2.05) is 36.4 Å². The van der Waals surface area contributed by atoms with E-state index in [0.29, 0.717) is 27.7 Å². The van der Waals surface area contributed by atoms with Gasteiger partial charge in [-0.1, -0.05) is 35.9 Å². The van der Waals surface area contributed by atoms with Crippen molar-refractivity contribution < 1.29 is 14.3 Å². The first-order valence-corrected chi connectivity index (χ1v) is 9.96. The highest BCUT2D eigenvalue weighted by Crippen LogP contribution is 2.38. The number of carbonyl (C=O) groups excluding carboxylic acids is 2. The monoisotopic (exact) mass is 433 g/mol. The number of anilines is 1. The van der Waals surface area contributed by atoms with Crippen LogP contribution >= 0.6 is 11.6 Å². The Bertz CT molecular complexity index is 1200. The van der Waals surface area contributed by atoms with Gasteiger partial charge in [0.1, 0.15) is 12.3 Å². The van der Waals surface area contributed by atoms with Gasteiger partial charge in [0.05, 0.1) is 18.5 Å². The molecule has 0 atom stereocenters. The molecule has 1 aliphatic rings. The van der Waals surface area contributed by atoms with Gasteiger partial charge in [0.15, 0.2) is 0 Å². The van der Waals surface area contributed by atoms with E-state index >= 15 is 0 Å². The van der Waals surface area contributed by atoms with Gasteiger partial charge in [-0.15, -0.1) is 0 Å². The molecule has 3 aromatic carbocycles. The van der Waals surface area contributed by atoms with Gasteiger partial charge in [-0.3, -0.25) is 14.6 Å². The van der Waals surface area contributed by atoms with Crippen molar-refractivity contribution in [3.8, 4) is 16.9 Å². The van der Waals surface area contributed by atoms with E-state index in [0.717, 1.165) is 22.3 Å². The summed E-state index contributed by atoms with van der Waals surface area (Å²) < 4.78 is 5.64. The van der Waals surface area contributed by atoms with E-state index in [9.17, 15) is 9.59 Å². The van der Waals surface area contributed by atoms with Crippen LogP contribution in [-0.2, 0) is 4.79 Å². The maximum absolute atomic E-state index is 12.6. The fourth-order valence-corrected chi connectivity index (χ4v) is 3.70. The molecule has 4 rings (SSSR count). The van der Waals surface area contributed by atoms with E-state index in [2.05, 4.69) is 4.99 Å². The topological polar surface area (TPSA) is 85.0 Å². The van der Waals surface area contributed by atoms with Crippen molar-refractivity contribution in [1.82, 2.24) is 0 Å². The summed E-state index contributed by atoms with van der Waals surface area (Å²) >= 11 is 6.06. The number of halogens is 1. The number of amides is 2. The van der Waals surface area contributed by atoms with E-state index < -0.39 is 5.91 Å². The molecule has 0 bridgehead atoms. The summed E-state index contributed by atoms with van der Waals surface area (Å²) in [4.78, 5) is 30.2. The Morgan fingerprint density at radius 2 is 1.68 bits per heavy atom. The van der Waals surface area contributed by atoms with Crippen LogP contribution in [0.5, 0.6) is 5.75 Å². The summed E-state index contributed by atoms with van der Waals surface area (Å²) in [5.41, 5.74) is 10.4. The van der Waals surface area contributed by atoms with Crippen molar-refractivity contribution in [2.75, 3.05) is 25.6 Å². The van der Waals surface area contributed by atoms with Crippen molar-refractivity contribution in [2.24, 2.45) is 10.7 Å². The summed E-state index contributed by atoms with van der Waals surface area (Å²) in [5, 5.41) is 0.639. The normalized spacial score (nSPS) is 13.3. The number of methoxy groups -OCH3 is 1. The molecule has 6 nitrogen and oxygen atoms in total. The summed E-state index contributed by atoms with van der Waals surface area (Å²) in [7, 11) is 3.31. The number of hydrogen-bond donors (Lipinski definition) is 1. The number of primary amides is 1.